The van der Waals surface area contributed by atoms with Crippen molar-refractivity contribution in [1.29, 1.82) is 0 Å². The van der Waals surface area contributed by atoms with E-state index >= 15 is 0 Å². The van der Waals surface area contributed by atoms with Gasteiger partial charge in [-0.05, 0) is 74.3 Å². The smallest absolute Gasteiger partial charge is 0.261 e. The monoisotopic (exact) mass is 488 g/mol. The van der Waals surface area contributed by atoms with Crippen molar-refractivity contribution in [1.82, 2.24) is 25.2 Å². The number of aromatic amines is 2. The molecular formula is C27H29FN6O2. The number of hydrogen-bond donors (Lipinski definition) is 4. The number of pyridine rings is 1. The quantitative estimate of drug-likeness (QED) is 0.303. The van der Waals surface area contributed by atoms with Crippen molar-refractivity contribution >= 4 is 22.6 Å². The van der Waals surface area contributed by atoms with E-state index in [-0.39, 0.29) is 23.3 Å². The average molecular weight is 489 g/mol. The predicted molar refractivity (Wildman–Crippen MR) is 139 cm³/mol. The third-order valence-electron chi connectivity index (χ3n) is 6.65. The van der Waals surface area contributed by atoms with Crippen molar-refractivity contribution in [2.24, 2.45) is 0 Å². The lowest BCUT2D eigenvalue weighted by Crippen LogP contribution is -2.30. The Morgan fingerprint density at radius 2 is 2.03 bits per heavy atom. The minimum atomic E-state index is -0.282. The van der Waals surface area contributed by atoms with Crippen LogP contribution in [0.3, 0.4) is 0 Å². The molecule has 36 heavy (non-hydrogen) atoms. The highest BCUT2D eigenvalue weighted by Crippen LogP contribution is 2.30. The van der Waals surface area contributed by atoms with E-state index in [1.165, 1.54) is 6.07 Å². The molecule has 0 spiro atoms. The second-order valence-electron chi connectivity index (χ2n) is 9.36. The molecule has 2 aromatic carbocycles. The van der Waals surface area contributed by atoms with Crippen LogP contribution in [0.1, 0.15) is 34.0 Å². The highest BCUT2D eigenvalue weighted by Gasteiger charge is 2.28. The van der Waals surface area contributed by atoms with E-state index in [0.29, 0.717) is 47.7 Å². The zero-order valence-electron chi connectivity index (χ0n) is 20.5. The highest BCUT2D eigenvalue weighted by atomic mass is 19.1. The molecule has 0 saturated heterocycles. The Morgan fingerprint density at radius 1 is 1.19 bits per heavy atom. The summed E-state index contributed by atoms with van der Waals surface area (Å²) in [5.74, 6) is 0.150. The van der Waals surface area contributed by atoms with Gasteiger partial charge in [0.05, 0.1) is 16.7 Å². The van der Waals surface area contributed by atoms with Crippen molar-refractivity contribution in [3.05, 3.63) is 81.0 Å². The lowest BCUT2D eigenvalue weighted by atomic mass is 10.0. The van der Waals surface area contributed by atoms with Crippen molar-refractivity contribution in [2.75, 3.05) is 25.5 Å². The van der Waals surface area contributed by atoms with Crippen LogP contribution in [-0.4, -0.2) is 51.9 Å². The number of likely N-dealkylation sites (N-methyl/N-ethyl adjacent to an activating group) is 1. The number of halogens is 1. The average Bonchev–Trinajstić information content (AvgIpc) is 3.38. The summed E-state index contributed by atoms with van der Waals surface area (Å²) in [6.45, 7) is 5.86. The summed E-state index contributed by atoms with van der Waals surface area (Å²) in [5.41, 5.74) is 5.65. The molecule has 5 rings (SSSR count). The molecule has 1 aliphatic rings. The first-order valence-electron chi connectivity index (χ1n) is 12.0. The molecule has 4 N–H and O–H groups in total. The van der Waals surface area contributed by atoms with Gasteiger partial charge in [0, 0.05) is 37.4 Å². The molecule has 0 fully saturated rings. The van der Waals surface area contributed by atoms with E-state index in [1.807, 2.05) is 31.9 Å². The topological polar surface area (TPSA) is 106 Å². The standard InChI is InChI=1S/C27H29FN6O2/c1-15-4-5-19(28)11-17(15)10-16(2)31-21-6-7-30-26(35)24(21)25-32-22-12-18-14-34(9-8-29-3)27(36)20(18)13-23(22)33-25/h4-7,11-13,16,29H,8-10,14H2,1-3H3,(H,32,33)(H2,30,31,35)/t16-/m0/s1. The Balaban J connectivity index is 1.44. The first kappa shape index (κ1) is 23.7. The van der Waals surface area contributed by atoms with Crippen LogP contribution in [-0.2, 0) is 13.0 Å². The lowest BCUT2D eigenvalue weighted by Gasteiger charge is -2.18. The number of amides is 1. The van der Waals surface area contributed by atoms with Crippen molar-refractivity contribution in [2.45, 2.75) is 32.9 Å². The van der Waals surface area contributed by atoms with Gasteiger partial charge in [0.1, 0.15) is 17.2 Å². The zero-order chi connectivity index (χ0) is 25.4. The summed E-state index contributed by atoms with van der Waals surface area (Å²) < 4.78 is 13.7. The first-order chi connectivity index (χ1) is 17.3. The van der Waals surface area contributed by atoms with Crippen LogP contribution >= 0.6 is 0 Å². The molecule has 0 aliphatic carbocycles. The van der Waals surface area contributed by atoms with Gasteiger partial charge in [-0.2, -0.15) is 0 Å². The molecule has 8 nitrogen and oxygen atoms in total. The van der Waals surface area contributed by atoms with Crippen LogP contribution in [0.4, 0.5) is 10.1 Å². The Morgan fingerprint density at radius 3 is 2.83 bits per heavy atom. The van der Waals surface area contributed by atoms with Gasteiger partial charge in [-0.15, -0.1) is 0 Å². The molecule has 1 amide bonds. The Bertz CT molecular complexity index is 1510. The fourth-order valence-electron chi connectivity index (χ4n) is 4.77. The summed E-state index contributed by atoms with van der Waals surface area (Å²) in [5, 5.41) is 6.47. The molecular weight excluding hydrogens is 459 g/mol. The van der Waals surface area contributed by atoms with E-state index in [4.69, 9.17) is 0 Å². The van der Waals surface area contributed by atoms with Gasteiger partial charge in [0.15, 0.2) is 0 Å². The molecule has 0 bridgehead atoms. The minimum absolute atomic E-state index is 0.00641. The number of rotatable bonds is 8. The lowest BCUT2D eigenvalue weighted by molar-refractivity contribution is 0.0780. The van der Waals surface area contributed by atoms with E-state index in [9.17, 15) is 14.0 Å². The molecule has 0 unspecified atom stereocenters. The Hall–Kier alpha value is -3.98. The van der Waals surface area contributed by atoms with Gasteiger partial charge < -0.3 is 25.5 Å². The number of H-pyrrole nitrogens is 2. The third kappa shape index (κ3) is 4.49. The summed E-state index contributed by atoms with van der Waals surface area (Å²) in [7, 11) is 1.86. The van der Waals surface area contributed by atoms with Crippen LogP contribution in [0, 0.1) is 12.7 Å². The van der Waals surface area contributed by atoms with Crippen molar-refractivity contribution in [3.8, 4) is 11.4 Å². The van der Waals surface area contributed by atoms with Gasteiger partial charge in [-0.3, -0.25) is 9.59 Å². The molecule has 2 aromatic heterocycles. The number of nitrogens with one attached hydrogen (secondary N) is 4. The molecule has 1 aliphatic heterocycles. The van der Waals surface area contributed by atoms with Crippen LogP contribution in [0.2, 0.25) is 0 Å². The summed E-state index contributed by atoms with van der Waals surface area (Å²) in [6.07, 6.45) is 2.18. The van der Waals surface area contributed by atoms with Gasteiger partial charge >= 0.3 is 0 Å². The maximum absolute atomic E-state index is 13.7. The Kier molecular flexibility index (Phi) is 6.32. The number of fused-ring (bicyclic) bond motifs is 2. The summed E-state index contributed by atoms with van der Waals surface area (Å²) >= 11 is 0. The number of aryl methyl sites for hydroxylation is 1. The van der Waals surface area contributed by atoms with E-state index in [1.54, 1.807) is 30.5 Å². The maximum Gasteiger partial charge on any atom is 0.261 e. The number of carbonyl (C=O) groups excluding carboxylic acids is 1. The molecule has 0 saturated carbocycles. The summed E-state index contributed by atoms with van der Waals surface area (Å²) in [4.78, 5) is 38.2. The third-order valence-corrected chi connectivity index (χ3v) is 6.65. The second-order valence-corrected chi connectivity index (χ2v) is 9.36. The first-order valence-corrected chi connectivity index (χ1v) is 12.0. The van der Waals surface area contributed by atoms with E-state index < -0.39 is 0 Å². The Labute approximate surface area is 208 Å². The molecule has 0 radical (unpaired) electrons. The number of nitrogens with zero attached hydrogens (tertiary/aromatic N) is 2. The number of carbonyl (C=O) groups is 1. The second kappa shape index (κ2) is 9.58. The number of aromatic nitrogens is 3. The van der Waals surface area contributed by atoms with Crippen LogP contribution in [0.25, 0.3) is 22.4 Å². The molecule has 3 heterocycles. The summed E-state index contributed by atoms with van der Waals surface area (Å²) in [6, 6.07) is 10.2. The van der Waals surface area contributed by atoms with Crippen LogP contribution in [0.5, 0.6) is 0 Å². The van der Waals surface area contributed by atoms with Crippen molar-refractivity contribution < 1.29 is 9.18 Å². The fourth-order valence-corrected chi connectivity index (χ4v) is 4.77. The maximum atomic E-state index is 13.7. The van der Waals surface area contributed by atoms with E-state index in [2.05, 4.69) is 25.6 Å². The molecule has 186 valence electrons. The minimum Gasteiger partial charge on any atom is -0.381 e. The highest BCUT2D eigenvalue weighted by molar-refractivity contribution is 6.02. The number of hydrogen-bond acceptors (Lipinski definition) is 5. The normalized spacial score (nSPS) is 13.9. The van der Waals surface area contributed by atoms with Crippen LogP contribution < -0.4 is 16.2 Å². The van der Waals surface area contributed by atoms with Gasteiger partial charge in [0.2, 0.25) is 0 Å². The number of benzene rings is 2. The largest absolute Gasteiger partial charge is 0.381 e. The molecule has 4 aromatic rings. The SMILES string of the molecule is CNCCN1Cc2cc3[nH]c(-c4c(N[C@@H](C)Cc5cc(F)ccc5C)cc[nH]c4=O)nc3cc2C1=O. The van der Waals surface area contributed by atoms with Gasteiger partial charge in [0.25, 0.3) is 11.5 Å². The number of anilines is 1. The molecule has 9 heteroatoms. The van der Waals surface area contributed by atoms with Crippen molar-refractivity contribution in [3.63, 3.8) is 0 Å². The van der Waals surface area contributed by atoms with Gasteiger partial charge in [-0.1, -0.05) is 6.07 Å². The van der Waals surface area contributed by atoms with E-state index in [0.717, 1.165) is 28.8 Å². The van der Waals surface area contributed by atoms with Crippen LogP contribution in [0.15, 0.2) is 47.4 Å². The molecule has 1 atom stereocenters. The van der Waals surface area contributed by atoms with Gasteiger partial charge in [-0.25, -0.2) is 9.37 Å². The number of imidazole rings is 1. The zero-order valence-corrected chi connectivity index (χ0v) is 20.5. The fraction of sp³-hybridized carbons (Fsp3) is 0.296. The predicted octanol–water partition coefficient (Wildman–Crippen LogP) is 3.58.